The number of nitrogens with one attached hydrogen (secondary N) is 2. The lowest BCUT2D eigenvalue weighted by atomic mass is 10.2. The molecule has 29 heavy (non-hydrogen) atoms. The number of ether oxygens (including phenoxy) is 4. The number of carbonyl (C=O) groups is 1. The predicted molar refractivity (Wildman–Crippen MR) is 125 cm³/mol. The molecule has 0 saturated heterocycles. The number of nitrogens with zero attached hydrogens (tertiary/aromatic N) is 1. The van der Waals surface area contributed by atoms with Crippen molar-refractivity contribution in [3.63, 3.8) is 0 Å². The van der Waals surface area contributed by atoms with Gasteiger partial charge in [0, 0.05) is 19.5 Å². The zero-order valence-corrected chi connectivity index (χ0v) is 20.3. The first-order valence-corrected chi connectivity index (χ1v) is 9.47. The van der Waals surface area contributed by atoms with Gasteiger partial charge in [-0.1, -0.05) is 6.42 Å². The third-order valence-corrected chi connectivity index (χ3v) is 4.07. The molecule has 1 aromatic carbocycles. The number of hydrogen-bond donors (Lipinski definition) is 2. The molecule has 0 saturated carbocycles. The number of carbonyl (C=O) groups excluding carboxylic acids is 1. The topological polar surface area (TPSA) is 90.4 Å². The Hall–Kier alpha value is -1.91. The quantitative estimate of drug-likeness (QED) is 0.143. The van der Waals surface area contributed by atoms with Crippen molar-refractivity contribution in [1.29, 1.82) is 0 Å². The summed E-state index contributed by atoms with van der Waals surface area (Å²) in [6.07, 6.45) is 3.19. The number of rotatable bonds is 12. The van der Waals surface area contributed by atoms with Crippen LogP contribution in [0.2, 0.25) is 0 Å². The van der Waals surface area contributed by atoms with E-state index in [2.05, 4.69) is 20.4 Å². The van der Waals surface area contributed by atoms with Crippen LogP contribution in [-0.4, -0.2) is 53.5 Å². The molecule has 0 spiro atoms. The second-order valence-electron chi connectivity index (χ2n) is 6.04. The smallest absolute Gasteiger partial charge is 0.305 e. The Kier molecular flexibility index (Phi) is 14.9. The van der Waals surface area contributed by atoms with Crippen molar-refractivity contribution in [1.82, 2.24) is 10.6 Å². The SMILES string of the molecule is CCNC(=NCc1cc(OC)c(OC)c(OC)c1)NCCCCCC(=O)OC.I. The standard InChI is InChI=1S/C20H33N3O5.HI/c1-6-21-20(22-11-9-7-8-10-18(24)27-4)23-14-15-12-16(25-2)19(28-5)17(13-15)26-3;/h12-13H,6-11,14H2,1-5H3,(H2,21,22,23);1H. The van der Waals surface area contributed by atoms with E-state index in [0.717, 1.165) is 43.9 Å². The van der Waals surface area contributed by atoms with Gasteiger partial charge in [0.15, 0.2) is 17.5 Å². The summed E-state index contributed by atoms with van der Waals surface area (Å²) in [6.45, 7) is 4.03. The van der Waals surface area contributed by atoms with Gasteiger partial charge in [-0.2, -0.15) is 0 Å². The van der Waals surface area contributed by atoms with Gasteiger partial charge in [0.25, 0.3) is 0 Å². The molecular formula is C20H34IN3O5. The first kappa shape index (κ1) is 27.1. The Morgan fingerprint density at radius 2 is 1.62 bits per heavy atom. The Morgan fingerprint density at radius 1 is 0.966 bits per heavy atom. The lowest BCUT2D eigenvalue weighted by Crippen LogP contribution is -2.37. The molecule has 0 aliphatic carbocycles. The lowest BCUT2D eigenvalue weighted by molar-refractivity contribution is -0.140. The van der Waals surface area contributed by atoms with Crippen molar-refractivity contribution in [3.05, 3.63) is 17.7 Å². The van der Waals surface area contributed by atoms with E-state index in [1.54, 1.807) is 21.3 Å². The molecule has 0 heterocycles. The van der Waals surface area contributed by atoms with Crippen LogP contribution in [-0.2, 0) is 16.1 Å². The van der Waals surface area contributed by atoms with Crippen molar-refractivity contribution in [3.8, 4) is 17.2 Å². The summed E-state index contributed by atoms with van der Waals surface area (Å²) in [6, 6.07) is 3.78. The predicted octanol–water partition coefficient (Wildman–Crippen LogP) is 3.12. The van der Waals surface area contributed by atoms with Crippen LogP contribution in [0.1, 0.15) is 38.2 Å². The molecule has 2 N–H and O–H groups in total. The van der Waals surface area contributed by atoms with Crippen LogP contribution in [0.5, 0.6) is 17.2 Å². The third kappa shape index (κ3) is 9.91. The van der Waals surface area contributed by atoms with Crippen molar-refractivity contribution < 1.29 is 23.7 Å². The number of hydrogen-bond acceptors (Lipinski definition) is 6. The summed E-state index contributed by atoms with van der Waals surface area (Å²) in [5.41, 5.74) is 0.949. The molecule has 8 nitrogen and oxygen atoms in total. The van der Waals surface area contributed by atoms with Gasteiger partial charge >= 0.3 is 5.97 Å². The Bertz CT molecular complexity index is 616. The fourth-order valence-electron chi connectivity index (χ4n) is 2.62. The van der Waals surface area contributed by atoms with Crippen molar-refractivity contribution in [2.75, 3.05) is 41.5 Å². The van der Waals surface area contributed by atoms with E-state index < -0.39 is 0 Å². The molecule has 1 rings (SSSR count). The maximum atomic E-state index is 11.1. The van der Waals surface area contributed by atoms with Gasteiger partial charge in [0.1, 0.15) is 0 Å². The van der Waals surface area contributed by atoms with E-state index in [1.165, 1.54) is 7.11 Å². The highest BCUT2D eigenvalue weighted by atomic mass is 127. The molecular weight excluding hydrogens is 489 g/mol. The van der Waals surface area contributed by atoms with Gasteiger partial charge in [-0.25, -0.2) is 4.99 Å². The Morgan fingerprint density at radius 3 is 2.14 bits per heavy atom. The number of methoxy groups -OCH3 is 4. The zero-order valence-electron chi connectivity index (χ0n) is 18.0. The van der Waals surface area contributed by atoms with Crippen LogP contribution in [0, 0.1) is 0 Å². The fraction of sp³-hybridized carbons (Fsp3) is 0.600. The fourth-order valence-corrected chi connectivity index (χ4v) is 2.62. The van der Waals surface area contributed by atoms with E-state index in [0.29, 0.717) is 30.2 Å². The summed E-state index contributed by atoms with van der Waals surface area (Å²) >= 11 is 0. The van der Waals surface area contributed by atoms with Gasteiger partial charge in [-0.05, 0) is 37.5 Å². The molecule has 0 amide bonds. The molecule has 166 valence electrons. The average molecular weight is 523 g/mol. The van der Waals surface area contributed by atoms with Gasteiger partial charge in [-0.3, -0.25) is 4.79 Å². The van der Waals surface area contributed by atoms with Crippen LogP contribution < -0.4 is 24.8 Å². The van der Waals surface area contributed by atoms with Crippen molar-refractivity contribution in [2.45, 2.75) is 39.2 Å². The number of aliphatic imine (C=N–C) groups is 1. The number of halogens is 1. The molecule has 9 heteroatoms. The van der Waals surface area contributed by atoms with E-state index in [9.17, 15) is 4.79 Å². The molecule has 0 unspecified atom stereocenters. The van der Waals surface area contributed by atoms with E-state index in [-0.39, 0.29) is 29.9 Å². The highest BCUT2D eigenvalue weighted by Crippen LogP contribution is 2.38. The first-order chi connectivity index (χ1) is 13.6. The largest absolute Gasteiger partial charge is 0.493 e. The van der Waals surface area contributed by atoms with Crippen molar-refractivity contribution in [2.24, 2.45) is 4.99 Å². The van der Waals surface area contributed by atoms with Crippen LogP contribution in [0.15, 0.2) is 17.1 Å². The molecule has 1 aromatic rings. The van der Waals surface area contributed by atoms with Gasteiger partial charge in [0.2, 0.25) is 5.75 Å². The van der Waals surface area contributed by atoms with Gasteiger partial charge in [-0.15, -0.1) is 24.0 Å². The maximum Gasteiger partial charge on any atom is 0.305 e. The Labute approximate surface area is 190 Å². The number of guanidine groups is 1. The molecule has 0 aromatic heterocycles. The van der Waals surface area contributed by atoms with E-state index in [1.807, 2.05) is 19.1 Å². The summed E-state index contributed by atoms with van der Waals surface area (Å²) < 4.78 is 20.8. The first-order valence-electron chi connectivity index (χ1n) is 9.47. The minimum Gasteiger partial charge on any atom is -0.493 e. The van der Waals surface area contributed by atoms with Crippen LogP contribution in [0.3, 0.4) is 0 Å². The molecule has 0 aliphatic rings. The van der Waals surface area contributed by atoms with E-state index >= 15 is 0 Å². The maximum absolute atomic E-state index is 11.1. The molecule has 0 bridgehead atoms. The highest BCUT2D eigenvalue weighted by Gasteiger charge is 2.13. The van der Waals surface area contributed by atoms with Crippen molar-refractivity contribution >= 4 is 35.9 Å². The minimum absolute atomic E-state index is 0. The van der Waals surface area contributed by atoms with Gasteiger partial charge in [0.05, 0.1) is 35.0 Å². The second-order valence-corrected chi connectivity index (χ2v) is 6.04. The third-order valence-electron chi connectivity index (χ3n) is 4.07. The van der Waals surface area contributed by atoms with Crippen LogP contribution in [0.4, 0.5) is 0 Å². The average Bonchev–Trinajstić information content (AvgIpc) is 2.72. The number of benzene rings is 1. The second kappa shape index (κ2) is 15.9. The monoisotopic (exact) mass is 523 g/mol. The summed E-state index contributed by atoms with van der Waals surface area (Å²) in [5.74, 6) is 2.36. The zero-order chi connectivity index (χ0) is 20.8. The molecule has 0 aliphatic heterocycles. The Balaban J connectivity index is 0.00000784. The lowest BCUT2D eigenvalue weighted by Gasteiger charge is -2.14. The normalized spacial score (nSPS) is 10.6. The number of unbranched alkanes of at least 4 members (excludes halogenated alkanes) is 2. The molecule has 0 fully saturated rings. The van der Waals surface area contributed by atoms with E-state index in [4.69, 9.17) is 14.2 Å². The van der Waals surface area contributed by atoms with Crippen LogP contribution in [0.25, 0.3) is 0 Å². The molecule has 0 atom stereocenters. The number of esters is 1. The highest BCUT2D eigenvalue weighted by molar-refractivity contribution is 14.0. The minimum atomic E-state index is -0.159. The molecule has 0 radical (unpaired) electrons. The summed E-state index contributed by atoms with van der Waals surface area (Å²) in [7, 11) is 6.18. The summed E-state index contributed by atoms with van der Waals surface area (Å²) in [5, 5.41) is 6.54. The van der Waals surface area contributed by atoms with Crippen LogP contribution >= 0.6 is 24.0 Å². The summed E-state index contributed by atoms with van der Waals surface area (Å²) in [4.78, 5) is 15.7. The van der Waals surface area contributed by atoms with Gasteiger partial charge < -0.3 is 29.6 Å².